The lowest BCUT2D eigenvalue weighted by Crippen LogP contribution is -2.34. The Morgan fingerprint density at radius 2 is 1.48 bits per heavy atom. The van der Waals surface area contributed by atoms with E-state index in [2.05, 4.69) is 59.6 Å². The van der Waals surface area contributed by atoms with E-state index >= 15 is 0 Å². The number of aromatic nitrogens is 1. The van der Waals surface area contributed by atoms with E-state index in [0.717, 1.165) is 36.8 Å². The molecule has 0 bridgehead atoms. The molecule has 0 fully saturated rings. The van der Waals surface area contributed by atoms with Crippen molar-refractivity contribution in [1.82, 2.24) is 9.88 Å². The maximum atomic E-state index is 13.6. The van der Waals surface area contributed by atoms with Gasteiger partial charge in [-0.3, -0.25) is 19.6 Å². The molecule has 0 spiro atoms. The second kappa shape index (κ2) is 14.6. The molecule has 6 heteroatoms. The third kappa shape index (κ3) is 7.79. The van der Waals surface area contributed by atoms with Crippen LogP contribution in [0.4, 0.5) is 0 Å². The standard InChI is InChI=1S/C34H36N2O4/c1-3-31-27(16-10-18-33(31)40-39-26(2)37)17-11-24-36(34(38)30-19-22-35-23-20-30)25-21-32(28-12-6-4-7-13-28)29-14-8-5-9-15-29/h4-10,12-16,18-20,22-23,32H,3,11,17,21,24-25H2,1-2H3. The van der Waals surface area contributed by atoms with E-state index < -0.39 is 5.97 Å². The lowest BCUT2D eigenvalue weighted by Gasteiger charge is -2.26. The number of nitrogens with zero attached hydrogens (tertiary/aromatic N) is 2. The van der Waals surface area contributed by atoms with Crippen molar-refractivity contribution in [2.24, 2.45) is 0 Å². The Balaban J connectivity index is 1.51. The number of aryl methyl sites for hydroxylation is 1. The van der Waals surface area contributed by atoms with Crippen LogP contribution in [0.1, 0.15) is 65.2 Å². The molecule has 0 saturated heterocycles. The van der Waals surface area contributed by atoms with Crippen LogP contribution in [0.15, 0.2) is 103 Å². The largest absolute Gasteiger partial charge is 0.352 e. The predicted octanol–water partition coefficient (Wildman–Crippen LogP) is 6.80. The van der Waals surface area contributed by atoms with E-state index in [1.165, 1.54) is 18.1 Å². The van der Waals surface area contributed by atoms with Gasteiger partial charge in [0, 0.05) is 49.5 Å². The average Bonchev–Trinajstić information content (AvgIpc) is 3.00. The van der Waals surface area contributed by atoms with E-state index in [0.29, 0.717) is 24.4 Å². The van der Waals surface area contributed by atoms with Crippen molar-refractivity contribution in [3.8, 4) is 5.75 Å². The highest BCUT2D eigenvalue weighted by Gasteiger charge is 2.20. The molecule has 0 aliphatic carbocycles. The van der Waals surface area contributed by atoms with Crippen LogP contribution in [0.3, 0.4) is 0 Å². The van der Waals surface area contributed by atoms with Gasteiger partial charge in [0.25, 0.3) is 5.91 Å². The highest BCUT2D eigenvalue weighted by atomic mass is 17.2. The molecule has 0 aliphatic rings. The van der Waals surface area contributed by atoms with Crippen LogP contribution in [0.2, 0.25) is 0 Å². The van der Waals surface area contributed by atoms with Crippen LogP contribution in [0, 0.1) is 0 Å². The van der Waals surface area contributed by atoms with Gasteiger partial charge in [-0.25, -0.2) is 4.79 Å². The summed E-state index contributed by atoms with van der Waals surface area (Å²) in [5.41, 5.74) is 5.24. The Morgan fingerprint density at radius 1 is 0.825 bits per heavy atom. The number of amides is 1. The van der Waals surface area contributed by atoms with Crippen molar-refractivity contribution < 1.29 is 19.4 Å². The van der Waals surface area contributed by atoms with Crippen molar-refractivity contribution >= 4 is 11.9 Å². The summed E-state index contributed by atoms with van der Waals surface area (Å²) in [6.45, 7) is 4.58. The van der Waals surface area contributed by atoms with Crippen LogP contribution in [0.25, 0.3) is 0 Å². The Kier molecular flexibility index (Phi) is 10.4. The Bertz CT molecular complexity index is 1320. The topological polar surface area (TPSA) is 68.7 Å². The van der Waals surface area contributed by atoms with Crippen molar-refractivity contribution in [3.05, 3.63) is 131 Å². The summed E-state index contributed by atoms with van der Waals surface area (Å²) in [6.07, 6.45) is 6.40. The molecule has 206 valence electrons. The number of hydrogen-bond donors (Lipinski definition) is 0. The number of pyridine rings is 1. The van der Waals surface area contributed by atoms with Crippen molar-refractivity contribution in [2.75, 3.05) is 13.1 Å². The summed E-state index contributed by atoms with van der Waals surface area (Å²) in [5, 5.41) is 0. The molecule has 4 rings (SSSR count). The molecule has 0 saturated carbocycles. The van der Waals surface area contributed by atoms with Gasteiger partial charge in [0.2, 0.25) is 0 Å². The minimum Gasteiger partial charge on any atom is -0.339 e. The van der Waals surface area contributed by atoms with E-state index in [9.17, 15) is 9.59 Å². The van der Waals surface area contributed by atoms with E-state index in [4.69, 9.17) is 9.78 Å². The van der Waals surface area contributed by atoms with Crippen molar-refractivity contribution in [2.45, 2.75) is 45.4 Å². The predicted molar refractivity (Wildman–Crippen MR) is 156 cm³/mol. The van der Waals surface area contributed by atoms with Crippen LogP contribution in [-0.4, -0.2) is 34.8 Å². The van der Waals surface area contributed by atoms with Crippen LogP contribution in [-0.2, 0) is 22.5 Å². The molecule has 6 nitrogen and oxygen atoms in total. The molecule has 4 aromatic rings. The smallest absolute Gasteiger partial charge is 0.339 e. The lowest BCUT2D eigenvalue weighted by atomic mass is 9.88. The van der Waals surface area contributed by atoms with Crippen molar-refractivity contribution in [1.29, 1.82) is 0 Å². The van der Waals surface area contributed by atoms with E-state index in [1.807, 2.05) is 30.0 Å². The summed E-state index contributed by atoms with van der Waals surface area (Å²) in [5.74, 6) is 0.234. The zero-order valence-corrected chi connectivity index (χ0v) is 23.2. The van der Waals surface area contributed by atoms with Crippen LogP contribution in [0.5, 0.6) is 5.75 Å². The van der Waals surface area contributed by atoms with Gasteiger partial charge in [-0.1, -0.05) is 79.7 Å². The first-order valence-corrected chi connectivity index (χ1v) is 13.8. The van der Waals surface area contributed by atoms with Gasteiger partial charge in [-0.15, -0.1) is 0 Å². The third-order valence-electron chi connectivity index (χ3n) is 7.01. The fraction of sp³-hybridized carbons (Fsp3) is 0.265. The van der Waals surface area contributed by atoms with Gasteiger partial charge in [0.05, 0.1) is 0 Å². The Morgan fingerprint density at radius 3 is 2.08 bits per heavy atom. The lowest BCUT2D eigenvalue weighted by molar-refractivity contribution is -0.211. The molecular weight excluding hydrogens is 500 g/mol. The zero-order chi connectivity index (χ0) is 28.2. The van der Waals surface area contributed by atoms with E-state index in [1.54, 1.807) is 30.6 Å². The molecule has 0 N–H and O–H groups in total. The minimum absolute atomic E-state index is 0.00457. The fourth-order valence-corrected chi connectivity index (χ4v) is 5.06. The number of carbonyl (C=O) groups is 2. The molecular formula is C34H36N2O4. The highest BCUT2D eigenvalue weighted by molar-refractivity contribution is 5.94. The van der Waals surface area contributed by atoms with Gasteiger partial charge in [-0.2, -0.15) is 0 Å². The quantitative estimate of drug-likeness (QED) is 0.139. The Labute approximate surface area is 236 Å². The molecule has 1 amide bonds. The van der Waals surface area contributed by atoms with Gasteiger partial charge in [0.1, 0.15) is 0 Å². The molecule has 1 aromatic heterocycles. The van der Waals surface area contributed by atoms with Gasteiger partial charge >= 0.3 is 5.97 Å². The third-order valence-corrected chi connectivity index (χ3v) is 7.01. The van der Waals surface area contributed by atoms with Crippen molar-refractivity contribution in [3.63, 3.8) is 0 Å². The Hall–Kier alpha value is -4.45. The van der Waals surface area contributed by atoms with E-state index in [-0.39, 0.29) is 11.8 Å². The molecule has 40 heavy (non-hydrogen) atoms. The summed E-state index contributed by atoms with van der Waals surface area (Å²) in [7, 11) is 0. The van der Waals surface area contributed by atoms with Gasteiger partial charge < -0.3 is 4.90 Å². The fourth-order valence-electron chi connectivity index (χ4n) is 5.06. The molecule has 3 aromatic carbocycles. The second-order valence-corrected chi connectivity index (χ2v) is 9.70. The number of benzene rings is 3. The van der Waals surface area contributed by atoms with Gasteiger partial charge in [-0.05, 0) is 60.6 Å². The first-order chi connectivity index (χ1) is 19.6. The van der Waals surface area contributed by atoms with Gasteiger partial charge in [0.15, 0.2) is 5.75 Å². The molecule has 1 heterocycles. The molecule has 0 radical (unpaired) electrons. The zero-order valence-electron chi connectivity index (χ0n) is 23.2. The number of carbonyl (C=O) groups excluding carboxylic acids is 2. The highest BCUT2D eigenvalue weighted by Crippen LogP contribution is 2.29. The maximum Gasteiger partial charge on any atom is 0.352 e. The summed E-state index contributed by atoms with van der Waals surface area (Å²) >= 11 is 0. The first kappa shape index (κ1) is 28.6. The summed E-state index contributed by atoms with van der Waals surface area (Å²) in [6, 6.07) is 30.3. The molecule has 0 atom stereocenters. The maximum absolute atomic E-state index is 13.6. The summed E-state index contributed by atoms with van der Waals surface area (Å²) in [4.78, 5) is 41.0. The minimum atomic E-state index is -0.498. The normalized spacial score (nSPS) is 10.8. The second-order valence-electron chi connectivity index (χ2n) is 9.70. The van der Waals surface area contributed by atoms with Crippen LogP contribution < -0.4 is 4.89 Å². The average molecular weight is 537 g/mol. The number of rotatable bonds is 13. The molecule has 0 unspecified atom stereocenters. The monoisotopic (exact) mass is 536 g/mol. The molecule has 0 aliphatic heterocycles. The van der Waals surface area contributed by atoms with Crippen LogP contribution >= 0.6 is 0 Å². The first-order valence-electron chi connectivity index (χ1n) is 13.8. The summed E-state index contributed by atoms with van der Waals surface area (Å²) < 4.78 is 0. The number of hydrogen-bond acceptors (Lipinski definition) is 5. The SMILES string of the molecule is CCc1c(CCCN(CCC(c2ccccc2)c2ccccc2)C(=O)c2ccncc2)cccc1OOC(C)=O.